The molecule has 24 heavy (non-hydrogen) atoms. The van der Waals surface area contributed by atoms with Crippen LogP contribution in [0.1, 0.15) is 13.8 Å². The van der Waals surface area contributed by atoms with E-state index >= 15 is 0 Å². The highest BCUT2D eigenvalue weighted by atomic mass is 16.5. The van der Waals surface area contributed by atoms with Gasteiger partial charge >= 0.3 is 0 Å². The number of benzene rings is 1. The Labute approximate surface area is 140 Å². The van der Waals surface area contributed by atoms with Gasteiger partial charge in [-0.2, -0.15) is 10.1 Å². The van der Waals surface area contributed by atoms with Crippen molar-refractivity contribution in [2.75, 3.05) is 24.7 Å². The summed E-state index contributed by atoms with van der Waals surface area (Å²) >= 11 is 0. The van der Waals surface area contributed by atoms with Crippen LogP contribution in [-0.2, 0) is 7.05 Å². The predicted molar refractivity (Wildman–Crippen MR) is 96.0 cm³/mol. The summed E-state index contributed by atoms with van der Waals surface area (Å²) in [5, 5.41) is 8.41. The van der Waals surface area contributed by atoms with Gasteiger partial charge in [-0.15, -0.1) is 0 Å². The molecule has 7 heteroatoms. The lowest BCUT2D eigenvalue weighted by Crippen LogP contribution is -2.11. The number of aromatic nitrogens is 4. The zero-order valence-electron chi connectivity index (χ0n) is 14.4. The molecular weight excluding hydrogens is 304 g/mol. The summed E-state index contributed by atoms with van der Waals surface area (Å²) in [5.41, 5.74) is 8.42. The molecule has 3 rings (SSSR count). The zero-order valence-corrected chi connectivity index (χ0v) is 14.4. The van der Waals surface area contributed by atoms with Gasteiger partial charge in [0.05, 0.1) is 18.2 Å². The number of nitrogens with one attached hydrogen (secondary N) is 1. The van der Waals surface area contributed by atoms with Gasteiger partial charge in [0, 0.05) is 19.2 Å². The zero-order chi connectivity index (χ0) is 17.3. The minimum atomic E-state index is 0.485. The van der Waals surface area contributed by atoms with Gasteiger partial charge in [-0.3, -0.25) is 4.68 Å². The molecule has 3 aromatic rings. The molecule has 0 aliphatic heterocycles. The number of fused-ring (bicyclic) bond motifs is 1. The quantitative estimate of drug-likeness (QED) is 0.749. The first-order valence-electron chi connectivity index (χ1n) is 7.88. The fourth-order valence-electron chi connectivity index (χ4n) is 2.47. The molecule has 0 spiro atoms. The first kappa shape index (κ1) is 16.0. The molecule has 0 atom stereocenters. The van der Waals surface area contributed by atoms with Gasteiger partial charge < -0.3 is 15.8 Å². The molecule has 0 fully saturated rings. The third-order valence-corrected chi connectivity index (χ3v) is 3.75. The van der Waals surface area contributed by atoms with Gasteiger partial charge in [-0.05, 0) is 18.1 Å². The predicted octanol–water partition coefficient (Wildman–Crippen LogP) is 2.69. The Bertz CT molecular complexity index is 871. The maximum Gasteiger partial charge on any atom is 0.225 e. The second kappa shape index (κ2) is 6.35. The third-order valence-electron chi connectivity index (χ3n) is 3.75. The molecule has 0 radical (unpaired) electrons. The van der Waals surface area contributed by atoms with Crippen molar-refractivity contribution >= 4 is 22.8 Å². The van der Waals surface area contributed by atoms with Gasteiger partial charge in [0.15, 0.2) is 5.65 Å². The molecule has 3 N–H and O–H groups in total. The molecule has 0 amide bonds. The van der Waals surface area contributed by atoms with Crippen molar-refractivity contribution in [3.63, 3.8) is 0 Å². The molecule has 2 aromatic heterocycles. The van der Waals surface area contributed by atoms with Gasteiger partial charge in [-0.25, -0.2) is 4.98 Å². The number of nitrogens with zero attached hydrogens (tertiary/aromatic N) is 4. The summed E-state index contributed by atoms with van der Waals surface area (Å²) in [7, 11) is 3.44. The molecule has 7 nitrogen and oxygen atoms in total. The standard InChI is InChI=1S/C17H22N6O/c1-10(2)9-19-17-20-14(11-6-5-7-12(8-11)24-4)13-15(18)23(3)22-16(13)21-17/h5-8,10H,9,18H2,1-4H3,(H,19,21,22). The Morgan fingerprint density at radius 1 is 1.29 bits per heavy atom. The Hall–Kier alpha value is -2.83. The SMILES string of the molecule is COc1cccc(-c2nc(NCC(C)C)nc3nn(C)c(N)c23)c1. The van der Waals surface area contributed by atoms with Gasteiger partial charge in [0.1, 0.15) is 11.6 Å². The third kappa shape index (κ3) is 2.97. The Morgan fingerprint density at radius 2 is 2.08 bits per heavy atom. The average molecular weight is 326 g/mol. The van der Waals surface area contributed by atoms with E-state index in [9.17, 15) is 0 Å². The number of nitrogens with two attached hydrogens (primary N) is 1. The Kier molecular flexibility index (Phi) is 4.24. The molecule has 0 saturated heterocycles. The number of ether oxygens (including phenoxy) is 1. The molecular formula is C17H22N6O. The number of hydrogen-bond donors (Lipinski definition) is 2. The van der Waals surface area contributed by atoms with Crippen LogP contribution in [0, 0.1) is 5.92 Å². The second-order valence-corrected chi connectivity index (χ2v) is 6.11. The summed E-state index contributed by atoms with van der Waals surface area (Å²) in [5.74, 6) is 2.34. The van der Waals surface area contributed by atoms with E-state index in [0.717, 1.165) is 28.9 Å². The fourth-order valence-corrected chi connectivity index (χ4v) is 2.47. The van der Waals surface area contributed by atoms with Gasteiger partial charge in [-0.1, -0.05) is 26.0 Å². The lowest BCUT2D eigenvalue weighted by molar-refractivity contribution is 0.415. The van der Waals surface area contributed by atoms with Crippen LogP contribution < -0.4 is 15.8 Å². The fraction of sp³-hybridized carbons (Fsp3) is 0.353. The van der Waals surface area contributed by atoms with Crippen molar-refractivity contribution in [1.82, 2.24) is 19.7 Å². The van der Waals surface area contributed by atoms with Crippen LogP contribution in [0.15, 0.2) is 24.3 Å². The summed E-state index contributed by atoms with van der Waals surface area (Å²) in [6.45, 7) is 5.05. The van der Waals surface area contributed by atoms with Crippen LogP contribution in [0.5, 0.6) is 5.75 Å². The van der Waals surface area contributed by atoms with Crippen LogP contribution in [-0.4, -0.2) is 33.4 Å². The number of rotatable bonds is 5. The average Bonchev–Trinajstić information content (AvgIpc) is 2.86. The van der Waals surface area contributed by atoms with Crippen LogP contribution in [0.3, 0.4) is 0 Å². The van der Waals surface area contributed by atoms with E-state index < -0.39 is 0 Å². The number of methoxy groups -OCH3 is 1. The summed E-state index contributed by atoms with van der Waals surface area (Å²) < 4.78 is 6.94. The highest BCUT2D eigenvalue weighted by molar-refractivity contribution is 5.99. The minimum absolute atomic E-state index is 0.485. The number of anilines is 2. The smallest absolute Gasteiger partial charge is 0.225 e. The highest BCUT2D eigenvalue weighted by Gasteiger charge is 2.17. The lowest BCUT2D eigenvalue weighted by atomic mass is 10.1. The second-order valence-electron chi connectivity index (χ2n) is 6.11. The van der Waals surface area contributed by atoms with Crippen molar-refractivity contribution in [2.24, 2.45) is 13.0 Å². The van der Waals surface area contributed by atoms with Crippen molar-refractivity contribution in [3.05, 3.63) is 24.3 Å². The topological polar surface area (TPSA) is 90.9 Å². The largest absolute Gasteiger partial charge is 0.497 e. The lowest BCUT2D eigenvalue weighted by Gasteiger charge is -2.10. The van der Waals surface area contributed by atoms with Crippen LogP contribution in [0.25, 0.3) is 22.3 Å². The highest BCUT2D eigenvalue weighted by Crippen LogP contribution is 2.32. The molecule has 0 unspecified atom stereocenters. The van der Waals surface area contributed by atoms with Crippen LogP contribution >= 0.6 is 0 Å². The van der Waals surface area contributed by atoms with Crippen molar-refractivity contribution in [2.45, 2.75) is 13.8 Å². The molecule has 2 heterocycles. The maximum atomic E-state index is 6.19. The van der Waals surface area contributed by atoms with E-state index in [4.69, 9.17) is 10.5 Å². The molecule has 126 valence electrons. The minimum Gasteiger partial charge on any atom is -0.497 e. The molecule has 0 aliphatic carbocycles. The van der Waals surface area contributed by atoms with Crippen molar-refractivity contribution in [3.8, 4) is 17.0 Å². The Balaban J connectivity index is 2.18. The summed E-state index contributed by atoms with van der Waals surface area (Å²) in [6, 6.07) is 7.73. The van der Waals surface area contributed by atoms with Gasteiger partial charge in [0.2, 0.25) is 5.95 Å². The first-order chi connectivity index (χ1) is 11.5. The molecule has 0 bridgehead atoms. The Morgan fingerprint density at radius 3 is 2.79 bits per heavy atom. The monoisotopic (exact) mass is 326 g/mol. The maximum absolute atomic E-state index is 6.19. The van der Waals surface area contributed by atoms with E-state index in [2.05, 4.69) is 34.2 Å². The van der Waals surface area contributed by atoms with Crippen LogP contribution in [0.4, 0.5) is 11.8 Å². The summed E-state index contributed by atoms with van der Waals surface area (Å²) in [4.78, 5) is 9.17. The van der Waals surface area contributed by atoms with Crippen molar-refractivity contribution in [1.29, 1.82) is 0 Å². The normalized spacial score (nSPS) is 11.2. The number of aryl methyl sites for hydroxylation is 1. The van der Waals surface area contributed by atoms with E-state index in [-0.39, 0.29) is 0 Å². The molecule has 1 aromatic carbocycles. The van der Waals surface area contributed by atoms with Crippen LogP contribution in [0.2, 0.25) is 0 Å². The van der Waals surface area contributed by atoms with E-state index in [0.29, 0.717) is 23.3 Å². The van der Waals surface area contributed by atoms with Gasteiger partial charge in [0.25, 0.3) is 0 Å². The summed E-state index contributed by atoms with van der Waals surface area (Å²) in [6.07, 6.45) is 0. The first-order valence-corrected chi connectivity index (χ1v) is 7.88. The number of hydrogen-bond acceptors (Lipinski definition) is 6. The van der Waals surface area contributed by atoms with E-state index in [1.54, 1.807) is 18.8 Å². The number of nitrogen functional groups attached to an aromatic ring is 1. The van der Waals surface area contributed by atoms with E-state index in [1.165, 1.54) is 0 Å². The van der Waals surface area contributed by atoms with E-state index in [1.807, 2.05) is 24.3 Å². The van der Waals surface area contributed by atoms with Crippen molar-refractivity contribution < 1.29 is 4.74 Å². The molecule has 0 saturated carbocycles. The molecule has 0 aliphatic rings.